The summed E-state index contributed by atoms with van der Waals surface area (Å²) in [6.07, 6.45) is 1.77. The molecule has 0 saturated heterocycles. The molecule has 2 N–H and O–H groups in total. The number of rotatable bonds is 3. The maximum atomic E-state index is 6.22. The third-order valence-electron chi connectivity index (χ3n) is 2.33. The summed E-state index contributed by atoms with van der Waals surface area (Å²) in [5.74, 6) is 0. The lowest BCUT2D eigenvalue weighted by molar-refractivity contribution is 0.817. The summed E-state index contributed by atoms with van der Waals surface area (Å²) in [6.45, 7) is 1.94. The van der Waals surface area contributed by atoms with Crippen LogP contribution in [0.4, 0.5) is 0 Å². The van der Waals surface area contributed by atoms with Gasteiger partial charge in [0.25, 0.3) is 0 Å². The molecule has 1 aromatic carbocycles. The number of hydrogen-bond donors (Lipinski definition) is 1. The number of pyridine rings is 1. The zero-order valence-electron chi connectivity index (χ0n) is 9.43. The second kappa shape index (κ2) is 5.54. The van der Waals surface area contributed by atoms with Crippen LogP contribution in [0.5, 0.6) is 0 Å². The van der Waals surface area contributed by atoms with Gasteiger partial charge in [0, 0.05) is 17.1 Å². The maximum Gasteiger partial charge on any atom is 0.101 e. The molecular formula is C13H13ClN2S. The van der Waals surface area contributed by atoms with E-state index in [-0.39, 0.29) is 6.04 Å². The molecule has 1 atom stereocenters. The summed E-state index contributed by atoms with van der Waals surface area (Å²) in [6, 6.07) is 11.7. The molecule has 1 aromatic heterocycles. The Balaban J connectivity index is 2.23. The van der Waals surface area contributed by atoms with Gasteiger partial charge in [-0.3, -0.25) is 0 Å². The van der Waals surface area contributed by atoms with E-state index in [1.165, 1.54) is 0 Å². The SMILES string of the molecule is CC(N)c1ccc(Sc2ccccn2)c(Cl)c1. The van der Waals surface area contributed by atoms with Crippen LogP contribution >= 0.6 is 23.4 Å². The normalized spacial score (nSPS) is 12.4. The van der Waals surface area contributed by atoms with Gasteiger partial charge in [0.1, 0.15) is 5.03 Å². The third-order valence-corrected chi connectivity index (χ3v) is 3.79. The molecule has 0 aliphatic carbocycles. The smallest absolute Gasteiger partial charge is 0.101 e. The van der Waals surface area contributed by atoms with Crippen LogP contribution in [0.3, 0.4) is 0 Å². The van der Waals surface area contributed by atoms with Gasteiger partial charge in [0.05, 0.1) is 5.02 Å². The van der Waals surface area contributed by atoms with Crippen molar-refractivity contribution in [1.29, 1.82) is 0 Å². The number of benzene rings is 1. The average Bonchev–Trinajstić information content (AvgIpc) is 2.33. The molecule has 2 rings (SSSR count). The van der Waals surface area contributed by atoms with Gasteiger partial charge >= 0.3 is 0 Å². The van der Waals surface area contributed by atoms with E-state index in [9.17, 15) is 0 Å². The van der Waals surface area contributed by atoms with E-state index in [2.05, 4.69) is 4.98 Å². The van der Waals surface area contributed by atoms with Crippen LogP contribution in [-0.4, -0.2) is 4.98 Å². The fraction of sp³-hybridized carbons (Fsp3) is 0.154. The topological polar surface area (TPSA) is 38.9 Å². The molecular weight excluding hydrogens is 252 g/mol. The molecule has 4 heteroatoms. The van der Waals surface area contributed by atoms with Crippen LogP contribution in [0, 0.1) is 0 Å². The number of hydrogen-bond acceptors (Lipinski definition) is 3. The van der Waals surface area contributed by atoms with Gasteiger partial charge in [-0.05, 0) is 36.8 Å². The largest absolute Gasteiger partial charge is 0.324 e. The Morgan fingerprint density at radius 2 is 2.12 bits per heavy atom. The Kier molecular flexibility index (Phi) is 4.05. The van der Waals surface area contributed by atoms with E-state index in [4.69, 9.17) is 17.3 Å². The molecule has 0 bridgehead atoms. The summed E-state index contributed by atoms with van der Waals surface area (Å²) < 4.78 is 0. The fourth-order valence-corrected chi connectivity index (χ4v) is 2.49. The van der Waals surface area contributed by atoms with E-state index < -0.39 is 0 Å². The summed E-state index contributed by atoms with van der Waals surface area (Å²) >= 11 is 7.77. The molecule has 2 aromatic rings. The van der Waals surface area contributed by atoms with Crippen molar-refractivity contribution >= 4 is 23.4 Å². The maximum absolute atomic E-state index is 6.22. The van der Waals surface area contributed by atoms with Gasteiger partial charge in [-0.2, -0.15) is 0 Å². The van der Waals surface area contributed by atoms with Crippen molar-refractivity contribution in [1.82, 2.24) is 4.98 Å². The number of nitrogens with two attached hydrogens (primary N) is 1. The highest BCUT2D eigenvalue weighted by molar-refractivity contribution is 7.99. The van der Waals surface area contributed by atoms with Crippen molar-refractivity contribution < 1.29 is 0 Å². The van der Waals surface area contributed by atoms with E-state index in [0.29, 0.717) is 0 Å². The Morgan fingerprint density at radius 1 is 1.29 bits per heavy atom. The Bertz CT molecular complexity index is 500. The quantitative estimate of drug-likeness (QED) is 0.914. The predicted molar refractivity (Wildman–Crippen MR) is 72.4 cm³/mol. The number of halogens is 1. The van der Waals surface area contributed by atoms with Crippen molar-refractivity contribution in [2.75, 3.05) is 0 Å². The Hall–Kier alpha value is -1.03. The van der Waals surface area contributed by atoms with Crippen LogP contribution in [0.15, 0.2) is 52.5 Å². The first-order valence-corrected chi connectivity index (χ1v) is 6.50. The minimum Gasteiger partial charge on any atom is -0.324 e. The highest BCUT2D eigenvalue weighted by Gasteiger charge is 2.06. The van der Waals surface area contributed by atoms with Crippen molar-refractivity contribution in [2.45, 2.75) is 22.9 Å². The van der Waals surface area contributed by atoms with E-state index >= 15 is 0 Å². The fourth-order valence-electron chi connectivity index (χ4n) is 1.40. The van der Waals surface area contributed by atoms with Gasteiger partial charge in [-0.1, -0.05) is 35.5 Å². The molecule has 88 valence electrons. The number of nitrogens with zero attached hydrogens (tertiary/aromatic N) is 1. The Morgan fingerprint density at radius 3 is 2.71 bits per heavy atom. The molecule has 0 aliphatic rings. The molecule has 17 heavy (non-hydrogen) atoms. The van der Waals surface area contributed by atoms with E-state index in [1.807, 2.05) is 43.3 Å². The summed E-state index contributed by atoms with van der Waals surface area (Å²) in [5, 5.41) is 1.65. The average molecular weight is 265 g/mol. The first-order valence-electron chi connectivity index (χ1n) is 5.31. The van der Waals surface area contributed by atoms with Crippen molar-refractivity contribution in [3.05, 3.63) is 53.2 Å². The second-order valence-electron chi connectivity index (χ2n) is 3.75. The van der Waals surface area contributed by atoms with Crippen LogP contribution in [-0.2, 0) is 0 Å². The van der Waals surface area contributed by atoms with Crippen molar-refractivity contribution in [3.8, 4) is 0 Å². The van der Waals surface area contributed by atoms with Crippen LogP contribution in [0.1, 0.15) is 18.5 Å². The highest BCUT2D eigenvalue weighted by Crippen LogP contribution is 2.33. The molecule has 0 radical (unpaired) electrons. The van der Waals surface area contributed by atoms with Gasteiger partial charge in [-0.15, -0.1) is 0 Å². The first kappa shape index (κ1) is 12.4. The minimum atomic E-state index is 0.00130. The minimum absolute atomic E-state index is 0.00130. The first-order chi connectivity index (χ1) is 8.16. The lowest BCUT2D eigenvalue weighted by Gasteiger charge is -2.08. The van der Waals surface area contributed by atoms with Crippen molar-refractivity contribution in [3.63, 3.8) is 0 Å². The van der Waals surface area contributed by atoms with Crippen LogP contribution in [0.25, 0.3) is 0 Å². The Labute approximate surface area is 110 Å². The van der Waals surface area contributed by atoms with Gasteiger partial charge in [-0.25, -0.2) is 4.98 Å². The zero-order chi connectivity index (χ0) is 12.3. The molecule has 0 fully saturated rings. The molecule has 2 nitrogen and oxygen atoms in total. The molecule has 0 saturated carbocycles. The van der Waals surface area contributed by atoms with Crippen molar-refractivity contribution in [2.24, 2.45) is 5.73 Å². The molecule has 0 amide bonds. The highest BCUT2D eigenvalue weighted by atomic mass is 35.5. The molecule has 0 spiro atoms. The predicted octanol–water partition coefficient (Wildman–Crippen LogP) is 3.91. The molecule has 0 aliphatic heterocycles. The van der Waals surface area contributed by atoms with Gasteiger partial charge in [0.15, 0.2) is 0 Å². The van der Waals surface area contributed by atoms with Gasteiger partial charge in [0.2, 0.25) is 0 Å². The number of aromatic nitrogens is 1. The zero-order valence-corrected chi connectivity index (χ0v) is 11.0. The lowest BCUT2D eigenvalue weighted by atomic mass is 10.1. The second-order valence-corrected chi connectivity index (χ2v) is 5.22. The third kappa shape index (κ3) is 3.22. The van der Waals surface area contributed by atoms with Crippen LogP contribution in [0.2, 0.25) is 5.02 Å². The van der Waals surface area contributed by atoms with E-state index in [0.717, 1.165) is 20.5 Å². The molecule has 1 heterocycles. The van der Waals surface area contributed by atoms with Crippen LogP contribution < -0.4 is 5.73 Å². The summed E-state index contributed by atoms with van der Waals surface area (Å²) in [4.78, 5) is 5.25. The standard InChI is InChI=1S/C13H13ClN2S/c1-9(15)10-5-6-12(11(14)8-10)17-13-4-2-3-7-16-13/h2-9H,15H2,1H3. The van der Waals surface area contributed by atoms with E-state index in [1.54, 1.807) is 18.0 Å². The summed E-state index contributed by atoms with van der Waals surface area (Å²) in [5.41, 5.74) is 6.85. The lowest BCUT2D eigenvalue weighted by Crippen LogP contribution is -2.04. The monoisotopic (exact) mass is 264 g/mol. The van der Waals surface area contributed by atoms with Gasteiger partial charge < -0.3 is 5.73 Å². The molecule has 1 unspecified atom stereocenters. The summed E-state index contributed by atoms with van der Waals surface area (Å²) in [7, 11) is 0.